The third-order valence-corrected chi connectivity index (χ3v) is 5.58. The van der Waals surface area contributed by atoms with E-state index in [4.69, 9.17) is 0 Å². The number of nitrogens with one attached hydrogen (secondary N) is 1. The van der Waals surface area contributed by atoms with Gasteiger partial charge in [-0.2, -0.15) is 0 Å². The van der Waals surface area contributed by atoms with Crippen LogP contribution in [0.5, 0.6) is 0 Å². The van der Waals surface area contributed by atoms with E-state index in [1.807, 2.05) is 30.9 Å². The van der Waals surface area contributed by atoms with E-state index in [1.165, 1.54) is 51.4 Å². The Morgan fingerprint density at radius 1 is 1.04 bits per heavy atom. The Morgan fingerprint density at radius 3 is 2.69 bits per heavy atom. The number of hydrogen-bond donors (Lipinski definition) is 1. The van der Waals surface area contributed by atoms with Gasteiger partial charge in [0.05, 0.1) is 5.69 Å². The molecule has 0 amide bonds. The zero-order valence-corrected chi connectivity index (χ0v) is 15.4. The van der Waals surface area contributed by atoms with Gasteiger partial charge in [0.2, 0.25) is 0 Å². The lowest BCUT2D eigenvalue weighted by molar-refractivity contribution is 0.365. The molecule has 0 aliphatic heterocycles. The summed E-state index contributed by atoms with van der Waals surface area (Å²) in [5.74, 6) is 0.875. The molecule has 1 saturated carbocycles. The lowest BCUT2D eigenvalue weighted by Crippen LogP contribution is -2.11. The number of imidazole rings is 1. The number of aromatic nitrogens is 3. The number of nitrogens with zero attached hydrogens (tertiary/aromatic N) is 3. The summed E-state index contributed by atoms with van der Waals surface area (Å²) >= 11 is 0. The molecule has 4 rings (SSSR count). The quantitative estimate of drug-likeness (QED) is 0.656. The van der Waals surface area contributed by atoms with Crippen LogP contribution in [-0.2, 0) is 0 Å². The maximum atomic E-state index is 4.53. The summed E-state index contributed by atoms with van der Waals surface area (Å²) in [6.45, 7) is 1.02. The molecular weight excluding hydrogens is 320 g/mol. The Hall–Kier alpha value is -2.36. The molecular formula is C22H28N4. The zero-order chi connectivity index (χ0) is 17.6. The molecule has 1 aliphatic carbocycles. The average Bonchev–Trinajstić information content (AvgIpc) is 3.13. The maximum absolute atomic E-state index is 4.53. The van der Waals surface area contributed by atoms with Crippen LogP contribution in [0.4, 0.5) is 5.69 Å². The van der Waals surface area contributed by atoms with Crippen molar-refractivity contribution in [3.63, 3.8) is 0 Å². The molecule has 3 aromatic heterocycles. The van der Waals surface area contributed by atoms with Crippen molar-refractivity contribution < 1.29 is 0 Å². The Kier molecular flexibility index (Phi) is 5.48. The first kappa shape index (κ1) is 17.1. The molecule has 0 spiro atoms. The summed E-state index contributed by atoms with van der Waals surface area (Å²) in [6.07, 6.45) is 20.9. The Balaban J connectivity index is 1.47. The van der Waals surface area contributed by atoms with E-state index in [1.54, 1.807) is 0 Å². The summed E-state index contributed by atoms with van der Waals surface area (Å²) in [5.41, 5.74) is 4.40. The van der Waals surface area contributed by atoms with E-state index in [0.29, 0.717) is 0 Å². The molecule has 0 radical (unpaired) electrons. The zero-order valence-electron chi connectivity index (χ0n) is 15.4. The van der Waals surface area contributed by atoms with E-state index in [9.17, 15) is 0 Å². The van der Waals surface area contributed by atoms with Crippen LogP contribution >= 0.6 is 0 Å². The lowest BCUT2D eigenvalue weighted by atomic mass is 9.89. The summed E-state index contributed by atoms with van der Waals surface area (Å²) in [7, 11) is 0. The first-order valence-electron chi connectivity index (χ1n) is 10.0. The van der Waals surface area contributed by atoms with Gasteiger partial charge < -0.3 is 9.72 Å². The van der Waals surface area contributed by atoms with Gasteiger partial charge in [0.1, 0.15) is 0 Å². The average molecular weight is 348 g/mol. The predicted molar refractivity (Wildman–Crippen MR) is 107 cm³/mol. The van der Waals surface area contributed by atoms with Gasteiger partial charge in [-0.25, -0.2) is 4.98 Å². The third kappa shape index (κ3) is 4.06. The van der Waals surface area contributed by atoms with E-state index in [2.05, 4.69) is 38.0 Å². The van der Waals surface area contributed by atoms with Crippen LogP contribution in [0.2, 0.25) is 0 Å². The molecule has 136 valence electrons. The van der Waals surface area contributed by atoms with Crippen molar-refractivity contribution in [1.29, 1.82) is 0 Å². The molecule has 0 saturated heterocycles. The molecule has 0 aromatic carbocycles. The van der Waals surface area contributed by atoms with Gasteiger partial charge >= 0.3 is 0 Å². The smallest absolute Gasteiger partial charge is 0.160 e. The minimum absolute atomic E-state index is 0.875. The summed E-state index contributed by atoms with van der Waals surface area (Å²) in [4.78, 5) is 8.78. The van der Waals surface area contributed by atoms with Crippen molar-refractivity contribution in [1.82, 2.24) is 14.4 Å². The van der Waals surface area contributed by atoms with Crippen molar-refractivity contribution in [2.24, 2.45) is 5.92 Å². The van der Waals surface area contributed by atoms with Crippen LogP contribution in [0.25, 0.3) is 16.8 Å². The Morgan fingerprint density at radius 2 is 1.88 bits per heavy atom. The van der Waals surface area contributed by atoms with Crippen molar-refractivity contribution in [3.05, 3.63) is 49.2 Å². The van der Waals surface area contributed by atoms with Gasteiger partial charge in [0, 0.05) is 48.7 Å². The summed E-state index contributed by atoms with van der Waals surface area (Å²) < 4.78 is 2.10. The SMILES string of the molecule is c1cncc(-c2cc(NCCC3CCCCCCC3)c3nccn3c2)c1. The van der Waals surface area contributed by atoms with E-state index >= 15 is 0 Å². The second-order valence-corrected chi connectivity index (χ2v) is 7.47. The number of anilines is 1. The molecule has 0 unspecified atom stereocenters. The van der Waals surface area contributed by atoms with Crippen LogP contribution in [-0.4, -0.2) is 20.9 Å². The second kappa shape index (κ2) is 8.35. The van der Waals surface area contributed by atoms with Crippen LogP contribution in [0.3, 0.4) is 0 Å². The topological polar surface area (TPSA) is 42.2 Å². The van der Waals surface area contributed by atoms with Crippen molar-refractivity contribution >= 4 is 11.3 Å². The molecule has 4 heteroatoms. The number of fused-ring (bicyclic) bond motifs is 1. The van der Waals surface area contributed by atoms with Gasteiger partial charge in [0.15, 0.2) is 5.65 Å². The monoisotopic (exact) mass is 348 g/mol. The molecule has 3 aromatic rings. The molecule has 1 N–H and O–H groups in total. The molecule has 26 heavy (non-hydrogen) atoms. The van der Waals surface area contributed by atoms with Crippen LogP contribution in [0.15, 0.2) is 49.2 Å². The molecule has 0 atom stereocenters. The molecule has 1 aliphatic rings. The van der Waals surface area contributed by atoms with Crippen molar-refractivity contribution in [2.45, 2.75) is 51.4 Å². The van der Waals surface area contributed by atoms with Gasteiger partial charge in [-0.1, -0.05) is 51.0 Å². The minimum atomic E-state index is 0.875. The standard InChI is InChI=1S/C22H28N4/c1-2-4-7-18(8-5-3-1)10-12-24-21-15-20(19-9-6-11-23-16-19)17-26-14-13-25-22(21)26/h6,9,11,13-18,24H,1-5,7-8,10,12H2. The molecule has 1 fully saturated rings. The van der Waals surface area contributed by atoms with Gasteiger partial charge in [0.25, 0.3) is 0 Å². The van der Waals surface area contributed by atoms with Crippen LogP contribution in [0.1, 0.15) is 51.4 Å². The number of rotatable bonds is 5. The fourth-order valence-electron chi connectivity index (χ4n) is 4.09. The molecule has 3 heterocycles. The normalized spacial score (nSPS) is 16.3. The number of hydrogen-bond acceptors (Lipinski definition) is 3. The minimum Gasteiger partial charge on any atom is -0.382 e. The van der Waals surface area contributed by atoms with E-state index in [0.717, 1.165) is 34.9 Å². The highest BCUT2D eigenvalue weighted by molar-refractivity contribution is 5.76. The van der Waals surface area contributed by atoms with Crippen molar-refractivity contribution in [3.8, 4) is 11.1 Å². The fourth-order valence-corrected chi connectivity index (χ4v) is 4.09. The first-order valence-corrected chi connectivity index (χ1v) is 10.0. The van der Waals surface area contributed by atoms with Crippen LogP contribution in [0, 0.1) is 5.92 Å². The van der Waals surface area contributed by atoms with Crippen molar-refractivity contribution in [2.75, 3.05) is 11.9 Å². The fraction of sp³-hybridized carbons (Fsp3) is 0.455. The Bertz CT molecular complexity index is 817. The summed E-state index contributed by atoms with van der Waals surface area (Å²) in [5, 5.41) is 3.66. The number of pyridine rings is 2. The van der Waals surface area contributed by atoms with Gasteiger partial charge in [-0.05, 0) is 24.5 Å². The summed E-state index contributed by atoms with van der Waals surface area (Å²) in [6, 6.07) is 6.29. The Labute approximate surface area is 155 Å². The second-order valence-electron chi connectivity index (χ2n) is 7.47. The maximum Gasteiger partial charge on any atom is 0.160 e. The predicted octanol–water partition coefficient (Wildman–Crippen LogP) is 5.56. The lowest BCUT2D eigenvalue weighted by Gasteiger charge is -2.20. The van der Waals surface area contributed by atoms with Gasteiger partial charge in [-0.3, -0.25) is 4.98 Å². The highest BCUT2D eigenvalue weighted by Crippen LogP contribution is 2.27. The van der Waals surface area contributed by atoms with E-state index in [-0.39, 0.29) is 0 Å². The third-order valence-electron chi connectivity index (χ3n) is 5.58. The highest BCUT2D eigenvalue weighted by Gasteiger charge is 2.12. The largest absolute Gasteiger partial charge is 0.382 e. The van der Waals surface area contributed by atoms with E-state index < -0.39 is 0 Å². The molecule has 4 nitrogen and oxygen atoms in total. The first-order chi connectivity index (χ1) is 12.9. The highest BCUT2D eigenvalue weighted by atomic mass is 15.0. The van der Waals surface area contributed by atoms with Gasteiger partial charge in [-0.15, -0.1) is 0 Å². The molecule has 0 bridgehead atoms. The van der Waals surface area contributed by atoms with Crippen LogP contribution < -0.4 is 5.32 Å².